The second-order valence-electron chi connectivity index (χ2n) is 3.05. The average Bonchev–Trinajstić information content (AvgIpc) is 2.42. The molecule has 90 valence electrons. The van der Waals surface area contributed by atoms with E-state index in [9.17, 15) is 9.59 Å². The van der Waals surface area contributed by atoms with Crippen LogP contribution in [-0.4, -0.2) is 39.3 Å². The van der Waals surface area contributed by atoms with Crippen molar-refractivity contribution in [2.24, 2.45) is 0 Å². The zero-order chi connectivity index (χ0) is 13.4. The molecule has 6 heteroatoms. The first-order valence-electron chi connectivity index (χ1n) is 4.87. The summed E-state index contributed by atoms with van der Waals surface area (Å²) in [5.41, 5.74) is 0.952. The second-order valence-corrected chi connectivity index (χ2v) is 7.03. The predicted octanol–water partition coefficient (Wildman–Crippen LogP) is 1.26. The van der Waals surface area contributed by atoms with Gasteiger partial charge in [0.1, 0.15) is 0 Å². The van der Waals surface area contributed by atoms with Crippen molar-refractivity contribution in [1.82, 2.24) is 0 Å². The Kier molecular flexibility index (Phi) is 6.36. The molecule has 18 heavy (non-hydrogen) atoms. The summed E-state index contributed by atoms with van der Waals surface area (Å²) >= 11 is -0.789. The summed E-state index contributed by atoms with van der Waals surface area (Å²) in [4.78, 5) is 23.4. The van der Waals surface area contributed by atoms with Gasteiger partial charge in [0.2, 0.25) is 0 Å². The standard InChI is InChI=1S/C12H8N2O2Se2/c13-4-6-17-11(15)9-2-1-3-10(8-9)12(16)18-7-5-14/h1-3,8H,6-7H2. The van der Waals surface area contributed by atoms with Crippen LogP contribution in [0.1, 0.15) is 20.7 Å². The van der Waals surface area contributed by atoms with Gasteiger partial charge in [-0.25, -0.2) is 0 Å². The van der Waals surface area contributed by atoms with Gasteiger partial charge in [-0.05, 0) is 0 Å². The van der Waals surface area contributed by atoms with Gasteiger partial charge in [-0.3, -0.25) is 0 Å². The van der Waals surface area contributed by atoms with Gasteiger partial charge in [-0.15, -0.1) is 0 Å². The average molecular weight is 370 g/mol. The van der Waals surface area contributed by atoms with E-state index in [0.717, 1.165) is 0 Å². The van der Waals surface area contributed by atoms with Crippen LogP contribution in [0.15, 0.2) is 24.3 Å². The molecule has 0 unspecified atom stereocenters. The van der Waals surface area contributed by atoms with E-state index in [1.807, 2.05) is 12.1 Å². The van der Waals surface area contributed by atoms with Crippen molar-refractivity contribution in [3.8, 4) is 12.1 Å². The number of carbonyl (C=O) groups is 2. The molecule has 0 amide bonds. The Bertz CT molecular complexity index is 498. The molecular weight excluding hydrogens is 362 g/mol. The molecule has 0 bridgehead atoms. The fourth-order valence-corrected chi connectivity index (χ4v) is 3.19. The van der Waals surface area contributed by atoms with Gasteiger partial charge in [0.25, 0.3) is 0 Å². The molecule has 0 aliphatic heterocycles. The van der Waals surface area contributed by atoms with Crippen LogP contribution in [0.4, 0.5) is 0 Å². The van der Waals surface area contributed by atoms with Crippen molar-refractivity contribution >= 4 is 39.3 Å². The molecule has 1 aromatic carbocycles. The van der Waals surface area contributed by atoms with Crippen molar-refractivity contribution in [2.75, 3.05) is 0 Å². The zero-order valence-corrected chi connectivity index (χ0v) is 12.7. The molecule has 0 aromatic heterocycles. The van der Waals surface area contributed by atoms with Crippen LogP contribution in [0.2, 0.25) is 10.6 Å². The second kappa shape index (κ2) is 7.82. The molecule has 1 aromatic rings. The molecule has 4 nitrogen and oxygen atoms in total. The van der Waals surface area contributed by atoms with Crippen LogP contribution in [0.3, 0.4) is 0 Å². The Morgan fingerprint density at radius 3 is 1.83 bits per heavy atom. The number of nitrogens with zero attached hydrogens (tertiary/aromatic N) is 2. The molecular formula is C12H8N2O2Se2. The van der Waals surface area contributed by atoms with Gasteiger partial charge in [0, 0.05) is 0 Å². The normalized spacial score (nSPS) is 9.22. The Morgan fingerprint density at radius 2 is 1.44 bits per heavy atom. The van der Waals surface area contributed by atoms with Crippen LogP contribution >= 0.6 is 0 Å². The number of nitriles is 2. The summed E-state index contributed by atoms with van der Waals surface area (Å²) in [6.45, 7) is 0. The molecule has 0 spiro atoms. The number of rotatable bonds is 6. The third kappa shape index (κ3) is 4.45. The van der Waals surface area contributed by atoms with Crippen LogP contribution in [-0.2, 0) is 0 Å². The summed E-state index contributed by atoms with van der Waals surface area (Å²) in [5, 5.41) is 17.3. The molecule has 0 atom stereocenters. The van der Waals surface area contributed by atoms with E-state index in [4.69, 9.17) is 10.5 Å². The molecule has 0 heterocycles. The third-order valence-corrected chi connectivity index (χ3v) is 5.11. The quantitative estimate of drug-likeness (QED) is 0.706. The molecule has 1 rings (SSSR count). The maximum absolute atomic E-state index is 11.7. The first-order chi connectivity index (χ1) is 8.69. The van der Waals surface area contributed by atoms with Gasteiger partial charge in [0.15, 0.2) is 0 Å². The topological polar surface area (TPSA) is 81.7 Å². The summed E-state index contributed by atoms with van der Waals surface area (Å²) < 4.78 is -0.155. The Hall–Kier alpha value is -1.42. The van der Waals surface area contributed by atoms with Crippen LogP contribution in [0.5, 0.6) is 0 Å². The van der Waals surface area contributed by atoms with E-state index in [1.54, 1.807) is 24.3 Å². The minimum absolute atomic E-state index is 0.0773. The minimum atomic E-state index is -0.395. The Balaban J connectivity index is 2.80. The number of benzene rings is 1. The molecule has 0 aliphatic carbocycles. The van der Waals surface area contributed by atoms with Gasteiger partial charge >= 0.3 is 118 Å². The van der Waals surface area contributed by atoms with Gasteiger partial charge in [0.05, 0.1) is 0 Å². The first kappa shape index (κ1) is 14.6. The molecule has 0 radical (unpaired) electrons. The third-order valence-electron chi connectivity index (χ3n) is 1.87. The first-order valence-corrected chi connectivity index (χ1v) is 9.01. The van der Waals surface area contributed by atoms with Crippen LogP contribution in [0, 0.1) is 22.7 Å². The zero-order valence-electron chi connectivity index (χ0n) is 9.25. The van der Waals surface area contributed by atoms with E-state index < -0.39 is 29.9 Å². The molecule has 0 N–H and O–H groups in total. The molecule has 0 saturated heterocycles. The summed E-state index contributed by atoms with van der Waals surface area (Å²) in [6, 6.07) is 10.4. The Morgan fingerprint density at radius 1 is 1.00 bits per heavy atom. The van der Waals surface area contributed by atoms with Crippen molar-refractivity contribution in [3.05, 3.63) is 35.4 Å². The van der Waals surface area contributed by atoms with Crippen molar-refractivity contribution in [1.29, 1.82) is 10.5 Å². The molecule has 0 aliphatic rings. The number of hydrogen-bond donors (Lipinski definition) is 0. The summed E-state index contributed by atoms with van der Waals surface area (Å²) in [5.74, 6) is 0. The number of hydrogen-bond acceptors (Lipinski definition) is 4. The van der Waals surface area contributed by atoms with E-state index in [-0.39, 0.29) is 20.0 Å². The summed E-state index contributed by atoms with van der Waals surface area (Å²) in [6.07, 6.45) is 0. The predicted molar refractivity (Wildman–Crippen MR) is 67.5 cm³/mol. The SMILES string of the molecule is N#CC[Se]C(=O)c1cccc(C(=O)[Se]CC#N)c1. The number of carbonyl (C=O) groups excluding carboxylic acids is 2. The van der Waals surface area contributed by atoms with Crippen LogP contribution < -0.4 is 0 Å². The van der Waals surface area contributed by atoms with E-state index in [2.05, 4.69) is 0 Å². The maximum atomic E-state index is 11.7. The van der Waals surface area contributed by atoms with E-state index in [0.29, 0.717) is 11.1 Å². The van der Waals surface area contributed by atoms with Gasteiger partial charge in [-0.1, -0.05) is 0 Å². The molecule has 0 saturated carbocycles. The fourth-order valence-electron chi connectivity index (χ4n) is 1.14. The van der Waals surface area contributed by atoms with Gasteiger partial charge in [-0.2, -0.15) is 0 Å². The van der Waals surface area contributed by atoms with Gasteiger partial charge < -0.3 is 0 Å². The fraction of sp³-hybridized carbons (Fsp3) is 0.167. The monoisotopic (exact) mass is 372 g/mol. The summed E-state index contributed by atoms with van der Waals surface area (Å²) in [7, 11) is 0. The van der Waals surface area contributed by atoms with Crippen molar-refractivity contribution in [3.63, 3.8) is 0 Å². The van der Waals surface area contributed by atoms with E-state index in [1.165, 1.54) is 0 Å². The van der Waals surface area contributed by atoms with Crippen molar-refractivity contribution in [2.45, 2.75) is 10.6 Å². The van der Waals surface area contributed by atoms with Crippen LogP contribution in [0.25, 0.3) is 0 Å². The molecule has 0 fully saturated rings. The van der Waals surface area contributed by atoms with Crippen molar-refractivity contribution < 1.29 is 9.59 Å². The Labute approximate surface area is 117 Å². The van der Waals surface area contributed by atoms with E-state index >= 15 is 0 Å².